The van der Waals surface area contributed by atoms with Gasteiger partial charge in [-0.2, -0.15) is 0 Å². The van der Waals surface area contributed by atoms with Crippen molar-refractivity contribution in [2.45, 2.75) is 90.9 Å². The van der Waals surface area contributed by atoms with E-state index in [0.717, 1.165) is 26.1 Å². The zero-order valence-corrected chi connectivity index (χ0v) is 21.9. The van der Waals surface area contributed by atoms with Gasteiger partial charge >= 0.3 is 29.6 Å². The van der Waals surface area contributed by atoms with E-state index < -0.39 is 0 Å². The van der Waals surface area contributed by atoms with Gasteiger partial charge in [0.2, 0.25) is 0 Å². The molecule has 0 bridgehead atoms. The molecule has 27 heavy (non-hydrogen) atoms. The smallest absolute Gasteiger partial charge is 0.411 e. The summed E-state index contributed by atoms with van der Waals surface area (Å²) in [6, 6.07) is 0. The minimum atomic E-state index is 0. The molecule has 0 spiro atoms. The largest absolute Gasteiger partial charge is 1.00 e. The van der Waals surface area contributed by atoms with E-state index in [9.17, 15) is 0 Å². The Kier molecular flexibility index (Phi) is 28.1. The second-order valence-corrected chi connectivity index (χ2v) is 8.05. The van der Waals surface area contributed by atoms with Crippen LogP contribution in [-0.2, 0) is 22.1 Å². The van der Waals surface area contributed by atoms with Gasteiger partial charge in [0.15, 0.2) is 0 Å². The van der Waals surface area contributed by atoms with Crippen LogP contribution in [0.2, 0.25) is 0 Å². The Morgan fingerprint density at radius 1 is 0.667 bits per heavy atom. The van der Waals surface area contributed by atoms with Gasteiger partial charge < -0.3 is 39.2 Å². The normalized spacial score (nSPS) is 10.6. The van der Waals surface area contributed by atoms with Crippen LogP contribution >= 0.6 is 12.2 Å². The van der Waals surface area contributed by atoms with Crippen molar-refractivity contribution in [3.8, 4) is 0 Å². The molecular weight excluding hydrogens is 385 g/mol. The molecule has 3 nitrogen and oxygen atoms in total. The van der Waals surface area contributed by atoms with E-state index in [-0.39, 0.29) is 29.6 Å². The van der Waals surface area contributed by atoms with Crippen LogP contribution in [-0.4, -0.2) is 48.7 Å². The Morgan fingerprint density at radius 2 is 1.15 bits per heavy atom. The second kappa shape index (κ2) is 25.1. The number of rotatable bonds is 20. The molecule has 0 aliphatic carbocycles. The van der Waals surface area contributed by atoms with Gasteiger partial charge in [0, 0.05) is 19.7 Å². The molecule has 0 amide bonds. The number of ether oxygens (including phenoxy) is 2. The zero-order chi connectivity index (χ0) is 19.3. The van der Waals surface area contributed by atoms with Gasteiger partial charge in [0.25, 0.3) is 0 Å². The quantitative estimate of drug-likeness (QED) is 0.129. The predicted octanol–water partition coefficient (Wildman–Crippen LogP) is 2.88. The van der Waals surface area contributed by atoms with Gasteiger partial charge in [-0.3, -0.25) is 0 Å². The molecule has 0 aliphatic heterocycles. The van der Waals surface area contributed by atoms with Gasteiger partial charge in [-0.15, -0.1) is 0 Å². The van der Waals surface area contributed by atoms with Gasteiger partial charge in [-0.1, -0.05) is 82.4 Å². The summed E-state index contributed by atoms with van der Waals surface area (Å²) >= 11 is 10.4. The number of hydrogen-bond acceptors (Lipinski definition) is 4. The third-order valence-corrected chi connectivity index (χ3v) is 5.08. The molecule has 0 aliphatic rings. The summed E-state index contributed by atoms with van der Waals surface area (Å²) in [4.78, 5) is 2.10. The van der Waals surface area contributed by atoms with Crippen LogP contribution in [0.3, 0.4) is 0 Å². The van der Waals surface area contributed by atoms with E-state index in [1.807, 2.05) is 0 Å². The van der Waals surface area contributed by atoms with Gasteiger partial charge in [0.05, 0.1) is 19.8 Å². The molecular formula is C21H42NNaO2S2. The van der Waals surface area contributed by atoms with Crippen LogP contribution in [0.4, 0.5) is 0 Å². The Hall–Kier alpha value is 1.03. The molecule has 0 N–H and O–H groups in total. The molecule has 0 heterocycles. The molecule has 0 aromatic heterocycles. The Morgan fingerprint density at radius 3 is 1.67 bits per heavy atom. The monoisotopic (exact) mass is 427 g/mol. The van der Waals surface area contributed by atoms with Crippen LogP contribution in [0, 0.1) is 0 Å². The summed E-state index contributed by atoms with van der Waals surface area (Å²) in [7, 11) is 0. The standard InChI is InChI=1S/C21H43NO2S2.Na/c1-3-5-7-8-9-10-11-12-13-14-15-22(21(25)26)16-18-24-20-19-23-17-6-4-2;/h3-20H2,1-2H3,(H,25,26);/q;+1/p-1. The maximum Gasteiger partial charge on any atom is 1.00 e. The third kappa shape index (κ3) is 23.2. The van der Waals surface area contributed by atoms with Gasteiger partial charge in [-0.05, 0) is 12.8 Å². The Balaban J connectivity index is 0. The fourth-order valence-electron chi connectivity index (χ4n) is 2.83. The molecule has 0 saturated carbocycles. The summed E-state index contributed by atoms with van der Waals surface area (Å²) < 4.78 is 11.7. The molecule has 0 fully saturated rings. The molecule has 0 rings (SSSR count). The summed E-state index contributed by atoms with van der Waals surface area (Å²) in [5.74, 6) is 0. The molecule has 0 atom stereocenters. The SMILES string of the molecule is CCCCCCCCCCCCN(CCOCCOCCCC)C(=S)[S-].[Na+]. The predicted molar refractivity (Wildman–Crippen MR) is 120 cm³/mol. The molecule has 0 unspecified atom stereocenters. The van der Waals surface area contributed by atoms with Crippen molar-refractivity contribution in [2.75, 3.05) is 39.5 Å². The van der Waals surface area contributed by atoms with E-state index in [2.05, 4.69) is 18.7 Å². The third-order valence-electron chi connectivity index (χ3n) is 4.56. The summed E-state index contributed by atoms with van der Waals surface area (Å²) in [6.07, 6.45) is 15.8. The maximum absolute atomic E-state index is 5.62. The first-order chi connectivity index (χ1) is 12.7. The summed E-state index contributed by atoms with van der Waals surface area (Å²) in [6.45, 7) is 9.04. The second-order valence-electron chi connectivity index (χ2n) is 7.01. The zero-order valence-electron chi connectivity index (χ0n) is 18.3. The van der Waals surface area contributed by atoms with Gasteiger partial charge in [0.1, 0.15) is 0 Å². The number of unbranched alkanes of at least 4 members (excludes halogenated alkanes) is 10. The average Bonchev–Trinajstić information content (AvgIpc) is 2.63. The van der Waals surface area contributed by atoms with Crippen molar-refractivity contribution in [3.63, 3.8) is 0 Å². The first-order valence-corrected chi connectivity index (χ1v) is 11.6. The van der Waals surface area contributed by atoms with Crippen LogP contribution < -0.4 is 29.6 Å². The van der Waals surface area contributed by atoms with Crippen LogP contribution in [0.25, 0.3) is 0 Å². The molecule has 156 valence electrons. The Labute approximate surface area is 202 Å². The van der Waals surface area contributed by atoms with E-state index in [4.69, 9.17) is 34.3 Å². The minimum Gasteiger partial charge on any atom is -0.411 e. The van der Waals surface area contributed by atoms with E-state index in [1.54, 1.807) is 0 Å². The van der Waals surface area contributed by atoms with E-state index in [1.165, 1.54) is 70.6 Å². The average molecular weight is 428 g/mol. The van der Waals surface area contributed by atoms with Crippen molar-refractivity contribution < 1.29 is 39.0 Å². The molecule has 0 radical (unpaired) electrons. The fraction of sp³-hybridized carbons (Fsp3) is 0.952. The summed E-state index contributed by atoms with van der Waals surface area (Å²) in [5, 5.41) is 0. The van der Waals surface area contributed by atoms with Crippen molar-refractivity contribution in [3.05, 3.63) is 0 Å². The maximum atomic E-state index is 5.62. The van der Waals surface area contributed by atoms with Crippen LogP contribution in [0.5, 0.6) is 0 Å². The molecule has 0 saturated heterocycles. The molecule has 0 aromatic carbocycles. The first kappa shape index (κ1) is 30.2. The van der Waals surface area contributed by atoms with Gasteiger partial charge in [-0.25, -0.2) is 0 Å². The Bertz CT molecular complexity index is 310. The number of thiocarbonyl (C=S) groups is 1. The number of nitrogens with zero attached hydrogens (tertiary/aromatic N) is 1. The molecule has 0 aromatic rings. The number of hydrogen-bond donors (Lipinski definition) is 0. The topological polar surface area (TPSA) is 21.7 Å². The van der Waals surface area contributed by atoms with Crippen molar-refractivity contribution in [1.29, 1.82) is 0 Å². The summed E-state index contributed by atoms with van der Waals surface area (Å²) in [5.41, 5.74) is 0. The van der Waals surface area contributed by atoms with E-state index in [0.29, 0.717) is 24.1 Å². The van der Waals surface area contributed by atoms with Crippen molar-refractivity contribution in [2.24, 2.45) is 0 Å². The van der Waals surface area contributed by atoms with Crippen LogP contribution in [0.15, 0.2) is 0 Å². The fourth-order valence-corrected chi connectivity index (χ4v) is 3.19. The minimum absolute atomic E-state index is 0. The van der Waals surface area contributed by atoms with Crippen molar-refractivity contribution >= 4 is 29.2 Å². The van der Waals surface area contributed by atoms with E-state index >= 15 is 0 Å². The first-order valence-electron chi connectivity index (χ1n) is 10.8. The van der Waals surface area contributed by atoms with Crippen molar-refractivity contribution in [1.82, 2.24) is 4.90 Å². The molecule has 6 heteroatoms. The van der Waals surface area contributed by atoms with Crippen LogP contribution in [0.1, 0.15) is 90.9 Å².